The Bertz CT molecular complexity index is 1210. The van der Waals surface area contributed by atoms with E-state index >= 15 is 0 Å². The lowest BCUT2D eigenvalue weighted by Crippen LogP contribution is -2.50. The third-order valence-electron chi connectivity index (χ3n) is 7.06. The molecular formula is C28H40BFN6O5. The summed E-state index contributed by atoms with van der Waals surface area (Å²) in [6.45, 7) is 4.96. The van der Waals surface area contributed by atoms with Crippen molar-refractivity contribution in [1.29, 1.82) is 0 Å². The molecule has 1 heterocycles. The molecule has 2 unspecified atom stereocenters. The van der Waals surface area contributed by atoms with Gasteiger partial charge in [0, 0.05) is 38.3 Å². The largest absolute Gasteiger partial charge is 0.492 e. The Morgan fingerprint density at radius 2 is 1.71 bits per heavy atom. The highest BCUT2D eigenvalue weighted by atomic mass is 19.1. The Morgan fingerprint density at radius 1 is 1.05 bits per heavy atom. The summed E-state index contributed by atoms with van der Waals surface area (Å²) >= 11 is 0. The maximum atomic E-state index is 13.4. The molecule has 0 fully saturated rings. The van der Waals surface area contributed by atoms with E-state index < -0.39 is 36.6 Å². The number of halogens is 1. The third-order valence-corrected chi connectivity index (χ3v) is 7.06. The molecule has 0 saturated heterocycles. The lowest BCUT2D eigenvalue weighted by Gasteiger charge is -2.23. The average molecular weight is 570 g/mol. The van der Waals surface area contributed by atoms with Crippen LogP contribution in [0, 0.1) is 5.82 Å². The smallest absolute Gasteiger partial charge is 0.423 e. The molecule has 1 aliphatic heterocycles. The van der Waals surface area contributed by atoms with Gasteiger partial charge in [-0.25, -0.2) is 4.39 Å². The molecule has 0 spiro atoms. The number of nitrogens with zero attached hydrogens (tertiary/aromatic N) is 1. The summed E-state index contributed by atoms with van der Waals surface area (Å²) in [7, 11) is -1.13. The van der Waals surface area contributed by atoms with Gasteiger partial charge in [0.05, 0.1) is 11.6 Å². The van der Waals surface area contributed by atoms with E-state index in [0.29, 0.717) is 30.7 Å². The van der Waals surface area contributed by atoms with Crippen LogP contribution in [-0.2, 0) is 31.1 Å². The zero-order chi connectivity index (χ0) is 30.2. The Hall–Kier alpha value is -3.36. The summed E-state index contributed by atoms with van der Waals surface area (Å²) in [6.07, 6.45) is 0.682. The van der Waals surface area contributed by atoms with Gasteiger partial charge in [-0.3, -0.25) is 14.4 Å². The van der Waals surface area contributed by atoms with Crippen LogP contribution < -0.4 is 33.3 Å². The first-order chi connectivity index (χ1) is 19.4. The van der Waals surface area contributed by atoms with Gasteiger partial charge in [0.25, 0.3) is 0 Å². The van der Waals surface area contributed by atoms with Crippen molar-refractivity contribution in [3.8, 4) is 0 Å². The summed E-state index contributed by atoms with van der Waals surface area (Å²) in [4.78, 5) is 40.4. The van der Waals surface area contributed by atoms with Crippen LogP contribution in [0.25, 0.3) is 0 Å². The number of carbonyl (C=O) groups is 3. The Morgan fingerprint density at radius 3 is 2.34 bits per heavy atom. The Labute approximate surface area is 240 Å². The second-order valence-corrected chi connectivity index (χ2v) is 10.6. The molecule has 222 valence electrons. The summed E-state index contributed by atoms with van der Waals surface area (Å²) in [5, 5.41) is 15.8. The van der Waals surface area contributed by atoms with Gasteiger partial charge in [0.2, 0.25) is 17.7 Å². The monoisotopic (exact) mass is 570 g/mol. The molecule has 0 saturated carbocycles. The average Bonchev–Trinajstić information content (AvgIpc) is 3.16. The summed E-state index contributed by atoms with van der Waals surface area (Å²) < 4.78 is 18.9. The number of benzene rings is 2. The van der Waals surface area contributed by atoms with Gasteiger partial charge in [-0.1, -0.05) is 18.2 Å². The molecule has 0 aromatic heterocycles. The van der Waals surface area contributed by atoms with E-state index in [1.807, 2.05) is 13.8 Å². The van der Waals surface area contributed by atoms with E-state index in [1.54, 1.807) is 30.3 Å². The van der Waals surface area contributed by atoms with Crippen molar-refractivity contribution in [3.63, 3.8) is 0 Å². The second kappa shape index (κ2) is 14.5. The molecule has 2 aromatic carbocycles. The molecule has 0 radical (unpaired) electrons. The zero-order valence-electron chi connectivity index (χ0n) is 23.6. The standard InChI is InChI=1S/C28H40BFN6O5/c1-28(2)21-9-8-20(17-22(21)29(40)41-28)34-27(39)24(11-5-18-3-6-19(30)7-4-18)35-26(38)23(33)10-12-25(37)36(15-13-31)16-14-32/h3-4,6-9,17,23-24,40H,5,10-16,31-33H2,1-2H3,(H,34,39)(H,35,38). The van der Waals surface area contributed by atoms with E-state index in [1.165, 1.54) is 17.0 Å². The van der Waals surface area contributed by atoms with Gasteiger partial charge in [-0.15, -0.1) is 0 Å². The van der Waals surface area contributed by atoms with Crippen LogP contribution in [0.15, 0.2) is 42.5 Å². The number of anilines is 1. The fourth-order valence-electron chi connectivity index (χ4n) is 4.78. The van der Waals surface area contributed by atoms with Gasteiger partial charge in [0.1, 0.15) is 11.9 Å². The number of fused-ring (bicyclic) bond motifs is 1. The number of hydrogen-bond donors (Lipinski definition) is 6. The van der Waals surface area contributed by atoms with Crippen LogP contribution in [0.3, 0.4) is 0 Å². The molecule has 2 atom stereocenters. The zero-order valence-corrected chi connectivity index (χ0v) is 23.6. The van der Waals surface area contributed by atoms with Crippen LogP contribution >= 0.6 is 0 Å². The van der Waals surface area contributed by atoms with E-state index in [0.717, 1.165) is 11.1 Å². The molecule has 9 N–H and O–H groups in total. The number of rotatable bonds is 14. The van der Waals surface area contributed by atoms with Crippen molar-refractivity contribution >= 4 is 36.0 Å². The van der Waals surface area contributed by atoms with E-state index in [4.69, 9.17) is 21.9 Å². The van der Waals surface area contributed by atoms with Crippen molar-refractivity contribution in [1.82, 2.24) is 10.2 Å². The number of nitrogens with one attached hydrogen (secondary N) is 2. The predicted octanol–water partition coefficient (Wildman–Crippen LogP) is -0.312. The third kappa shape index (κ3) is 8.81. The summed E-state index contributed by atoms with van der Waals surface area (Å²) in [5.41, 5.74) is 19.1. The van der Waals surface area contributed by atoms with Crippen molar-refractivity contribution in [2.75, 3.05) is 31.5 Å². The molecule has 11 nitrogen and oxygen atoms in total. The van der Waals surface area contributed by atoms with E-state index in [-0.39, 0.29) is 44.1 Å². The topological polar surface area (TPSA) is 186 Å². The Balaban J connectivity index is 1.69. The van der Waals surface area contributed by atoms with Crippen LogP contribution in [0.1, 0.15) is 44.2 Å². The van der Waals surface area contributed by atoms with Crippen LogP contribution in [0.5, 0.6) is 0 Å². The van der Waals surface area contributed by atoms with Gasteiger partial charge < -0.3 is 42.4 Å². The molecule has 0 aliphatic carbocycles. The van der Waals surface area contributed by atoms with Crippen molar-refractivity contribution in [2.24, 2.45) is 17.2 Å². The molecular weight excluding hydrogens is 530 g/mol. The van der Waals surface area contributed by atoms with Gasteiger partial charge in [-0.05, 0) is 74.0 Å². The minimum atomic E-state index is -1.13. The van der Waals surface area contributed by atoms with Crippen molar-refractivity contribution in [3.05, 3.63) is 59.4 Å². The van der Waals surface area contributed by atoms with Crippen LogP contribution in [0.2, 0.25) is 0 Å². The molecule has 1 aliphatic rings. The molecule has 13 heteroatoms. The predicted molar refractivity (Wildman–Crippen MR) is 155 cm³/mol. The number of carbonyl (C=O) groups excluding carboxylic acids is 3. The van der Waals surface area contributed by atoms with E-state index in [2.05, 4.69) is 10.6 Å². The first-order valence-corrected chi connectivity index (χ1v) is 13.7. The molecule has 2 aromatic rings. The fourth-order valence-corrected chi connectivity index (χ4v) is 4.78. The first-order valence-electron chi connectivity index (χ1n) is 13.7. The SMILES string of the molecule is CC1(C)OB(O)c2cc(NC(=O)C(CCc3ccc(F)cc3)NC(=O)C(N)CCC(=O)N(CCN)CCN)ccc21. The van der Waals surface area contributed by atoms with Crippen molar-refractivity contribution in [2.45, 2.75) is 57.2 Å². The maximum absolute atomic E-state index is 13.4. The highest BCUT2D eigenvalue weighted by molar-refractivity contribution is 6.62. The minimum Gasteiger partial charge on any atom is -0.423 e. The summed E-state index contributed by atoms with van der Waals surface area (Å²) in [5.74, 6) is -1.66. The van der Waals surface area contributed by atoms with E-state index in [9.17, 15) is 23.8 Å². The van der Waals surface area contributed by atoms with Gasteiger partial charge in [-0.2, -0.15) is 0 Å². The first kappa shape index (κ1) is 32.2. The van der Waals surface area contributed by atoms with Crippen LogP contribution in [0.4, 0.5) is 10.1 Å². The van der Waals surface area contributed by atoms with Gasteiger partial charge >= 0.3 is 7.12 Å². The molecule has 3 rings (SSSR count). The number of hydrogen-bond acceptors (Lipinski definition) is 8. The van der Waals surface area contributed by atoms with Crippen LogP contribution in [-0.4, -0.2) is 73.0 Å². The molecule has 41 heavy (non-hydrogen) atoms. The molecule has 0 bridgehead atoms. The minimum absolute atomic E-state index is 0.0247. The highest BCUT2D eigenvalue weighted by Gasteiger charge is 2.40. The summed E-state index contributed by atoms with van der Waals surface area (Å²) in [6, 6.07) is 8.98. The lowest BCUT2D eigenvalue weighted by atomic mass is 9.78. The second-order valence-electron chi connectivity index (χ2n) is 10.6. The fraction of sp³-hybridized carbons (Fsp3) is 0.464. The van der Waals surface area contributed by atoms with Gasteiger partial charge in [0.15, 0.2) is 0 Å². The maximum Gasteiger partial charge on any atom is 0.492 e. The lowest BCUT2D eigenvalue weighted by molar-refractivity contribution is -0.132. The highest BCUT2D eigenvalue weighted by Crippen LogP contribution is 2.30. The quantitative estimate of drug-likeness (QED) is 0.167. The van der Waals surface area contributed by atoms with Crippen molar-refractivity contribution < 1.29 is 28.5 Å². The Kier molecular flexibility index (Phi) is 11.4. The normalized spacial score (nSPS) is 15.1. The number of aryl methyl sites for hydroxylation is 1. The number of nitrogens with two attached hydrogens (primary N) is 3. The molecule has 3 amide bonds. The number of amides is 3.